The third-order valence-corrected chi connectivity index (χ3v) is 3.54. The molecular formula is C14H18Cl2O3. The van der Waals surface area contributed by atoms with Gasteiger partial charge < -0.3 is 10.2 Å². The number of halogens is 2. The van der Waals surface area contributed by atoms with Crippen molar-refractivity contribution in [1.29, 1.82) is 0 Å². The van der Waals surface area contributed by atoms with Crippen molar-refractivity contribution in [3.63, 3.8) is 0 Å². The van der Waals surface area contributed by atoms with Crippen LogP contribution in [0.3, 0.4) is 0 Å². The standard InChI is InChI=1S/C14H18Cl2O3/c1-2-3-4-5-6-7-11(17)12-13(18)9(15)8-10(16)14(12)19/h8,18-19H,2-7H2,1H3. The normalized spacial score (nSPS) is 10.7. The Morgan fingerprint density at radius 3 is 2.11 bits per heavy atom. The first-order chi connectivity index (χ1) is 8.99. The lowest BCUT2D eigenvalue weighted by molar-refractivity contribution is 0.0974. The molecule has 0 bridgehead atoms. The fourth-order valence-electron chi connectivity index (χ4n) is 1.88. The summed E-state index contributed by atoms with van der Waals surface area (Å²) in [6.07, 6.45) is 5.31. The van der Waals surface area contributed by atoms with Gasteiger partial charge in [-0.3, -0.25) is 4.79 Å². The van der Waals surface area contributed by atoms with Crippen molar-refractivity contribution in [2.75, 3.05) is 0 Å². The molecule has 0 unspecified atom stereocenters. The Bertz CT molecular complexity index is 432. The average molecular weight is 305 g/mol. The molecular weight excluding hydrogens is 287 g/mol. The lowest BCUT2D eigenvalue weighted by atomic mass is 10.0. The molecule has 0 saturated heterocycles. The zero-order chi connectivity index (χ0) is 14.4. The van der Waals surface area contributed by atoms with Gasteiger partial charge in [0.25, 0.3) is 0 Å². The van der Waals surface area contributed by atoms with E-state index in [0.717, 1.165) is 32.1 Å². The van der Waals surface area contributed by atoms with Crippen molar-refractivity contribution >= 4 is 29.0 Å². The highest BCUT2D eigenvalue weighted by molar-refractivity contribution is 6.37. The van der Waals surface area contributed by atoms with E-state index in [1.165, 1.54) is 6.07 Å². The SMILES string of the molecule is CCCCCCCC(=O)c1c(O)c(Cl)cc(Cl)c1O. The Kier molecular flexibility index (Phi) is 6.46. The van der Waals surface area contributed by atoms with Crippen LogP contribution in [0.5, 0.6) is 11.5 Å². The molecule has 0 spiro atoms. The summed E-state index contributed by atoms with van der Waals surface area (Å²) >= 11 is 11.5. The number of carbonyl (C=O) groups excluding carboxylic acids is 1. The van der Waals surface area contributed by atoms with E-state index in [-0.39, 0.29) is 27.8 Å². The Morgan fingerprint density at radius 2 is 1.58 bits per heavy atom. The van der Waals surface area contributed by atoms with Crippen LogP contribution in [0, 0.1) is 0 Å². The lowest BCUT2D eigenvalue weighted by Crippen LogP contribution is -2.01. The van der Waals surface area contributed by atoms with E-state index in [9.17, 15) is 15.0 Å². The van der Waals surface area contributed by atoms with E-state index in [0.29, 0.717) is 0 Å². The molecule has 19 heavy (non-hydrogen) atoms. The van der Waals surface area contributed by atoms with E-state index in [2.05, 4.69) is 6.92 Å². The summed E-state index contributed by atoms with van der Waals surface area (Å²) in [4.78, 5) is 12.0. The number of carbonyl (C=O) groups is 1. The molecule has 0 atom stereocenters. The van der Waals surface area contributed by atoms with Gasteiger partial charge in [-0.05, 0) is 12.5 Å². The van der Waals surface area contributed by atoms with Crippen LogP contribution in [0.15, 0.2) is 6.07 Å². The first kappa shape index (κ1) is 16.1. The zero-order valence-electron chi connectivity index (χ0n) is 10.9. The number of rotatable bonds is 7. The maximum absolute atomic E-state index is 12.0. The number of phenols is 2. The van der Waals surface area contributed by atoms with Crippen molar-refractivity contribution in [3.8, 4) is 11.5 Å². The van der Waals surface area contributed by atoms with Crippen LogP contribution >= 0.6 is 23.2 Å². The Balaban J connectivity index is 2.72. The van der Waals surface area contributed by atoms with Crippen molar-refractivity contribution in [1.82, 2.24) is 0 Å². The van der Waals surface area contributed by atoms with Gasteiger partial charge in [-0.15, -0.1) is 0 Å². The second kappa shape index (κ2) is 7.61. The van der Waals surface area contributed by atoms with Crippen LogP contribution in [0.25, 0.3) is 0 Å². The van der Waals surface area contributed by atoms with Gasteiger partial charge in [-0.2, -0.15) is 0 Å². The van der Waals surface area contributed by atoms with Gasteiger partial charge in [0.2, 0.25) is 0 Å². The molecule has 0 aromatic heterocycles. The Labute approximate surface area is 123 Å². The van der Waals surface area contributed by atoms with E-state index in [1.54, 1.807) is 0 Å². The van der Waals surface area contributed by atoms with Crippen LogP contribution in [0.4, 0.5) is 0 Å². The van der Waals surface area contributed by atoms with Crippen LogP contribution in [-0.4, -0.2) is 16.0 Å². The Morgan fingerprint density at radius 1 is 1.05 bits per heavy atom. The minimum absolute atomic E-state index is 0.0304. The van der Waals surface area contributed by atoms with E-state index in [1.807, 2.05) is 0 Å². The summed E-state index contributed by atoms with van der Waals surface area (Å²) < 4.78 is 0. The number of unbranched alkanes of at least 4 members (excludes halogenated alkanes) is 4. The summed E-state index contributed by atoms with van der Waals surface area (Å²) in [7, 11) is 0. The number of benzene rings is 1. The molecule has 106 valence electrons. The van der Waals surface area contributed by atoms with Crippen molar-refractivity contribution in [2.45, 2.75) is 45.4 Å². The molecule has 0 radical (unpaired) electrons. The Hall–Kier alpha value is -0.930. The highest BCUT2D eigenvalue weighted by Crippen LogP contribution is 2.40. The number of Topliss-reactive ketones (excluding diaryl/α,β-unsaturated/α-hetero) is 1. The maximum Gasteiger partial charge on any atom is 0.170 e. The predicted molar refractivity (Wildman–Crippen MR) is 77.5 cm³/mol. The summed E-state index contributed by atoms with van der Waals surface area (Å²) in [5.74, 6) is -1.14. The fourth-order valence-corrected chi connectivity index (χ4v) is 2.34. The van der Waals surface area contributed by atoms with Gasteiger partial charge >= 0.3 is 0 Å². The van der Waals surface area contributed by atoms with Crippen LogP contribution in [0.1, 0.15) is 55.8 Å². The molecule has 5 heteroatoms. The van der Waals surface area contributed by atoms with E-state index < -0.39 is 11.5 Å². The number of ketones is 1. The molecule has 1 aromatic carbocycles. The second-order valence-corrected chi connectivity index (χ2v) is 5.31. The minimum Gasteiger partial charge on any atom is -0.505 e. The molecule has 1 aromatic rings. The monoisotopic (exact) mass is 304 g/mol. The predicted octanol–water partition coefficient (Wildman–Crippen LogP) is 4.95. The summed E-state index contributed by atoms with van der Waals surface area (Å²) in [5, 5.41) is 19.4. The summed E-state index contributed by atoms with van der Waals surface area (Å²) in [6.45, 7) is 2.12. The number of hydrogen-bond acceptors (Lipinski definition) is 3. The molecule has 0 amide bonds. The van der Waals surface area contributed by atoms with E-state index in [4.69, 9.17) is 23.2 Å². The molecule has 3 nitrogen and oxygen atoms in total. The molecule has 0 heterocycles. The molecule has 0 aliphatic carbocycles. The van der Waals surface area contributed by atoms with Crippen molar-refractivity contribution in [3.05, 3.63) is 21.7 Å². The first-order valence-electron chi connectivity index (χ1n) is 6.42. The first-order valence-corrected chi connectivity index (χ1v) is 7.17. The average Bonchev–Trinajstić information content (AvgIpc) is 2.36. The molecule has 0 fully saturated rings. The van der Waals surface area contributed by atoms with Gasteiger partial charge in [-0.25, -0.2) is 0 Å². The fraction of sp³-hybridized carbons (Fsp3) is 0.500. The number of hydrogen-bond donors (Lipinski definition) is 2. The highest BCUT2D eigenvalue weighted by atomic mass is 35.5. The summed E-state index contributed by atoms with van der Waals surface area (Å²) in [6, 6.07) is 1.21. The highest BCUT2D eigenvalue weighted by Gasteiger charge is 2.21. The van der Waals surface area contributed by atoms with Crippen molar-refractivity contribution in [2.24, 2.45) is 0 Å². The maximum atomic E-state index is 12.0. The lowest BCUT2D eigenvalue weighted by Gasteiger charge is -2.09. The van der Waals surface area contributed by atoms with Crippen LogP contribution < -0.4 is 0 Å². The topological polar surface area (TPSA) is 57.5 Å². The van der Waals surface area contributed by atoms with Crippen LogP contribution in [0.2, 0.25) is 10.0 Å². The molecule has 2 N–H and O–H groups in total. The van der Waals surface area contributed by atoms with Crippen molar-refractivity contribution < 1.29 is 15.0 Å². The molecule has 0 saturated carbocycles. The third-order valence-electron chi connectivity index (χ3n) is 2.97. The smallest absolute Gasteiger partial charge is 0.170 e. The molecule has 0 aliphatic heterocycles. The van der Waals surface area contributed by atoms with Gasteiger partial charge in [0.05, 0.1) is 10.0 Å². The van der Waals surface area contributed by atoms with E-state index >= 15 is 0 Å². The van der Waals surface area contributed by atoms with Gasteiger partial charge in [0.1, 0.15) is 17.1 Å². The van der Waals surface area contributed by atoms with Gasteiger partial charge in [-0.1, -0.05) is 55.8 Å². The number of phenolic OH excluding ortho intramolecular Hbond substituents is 2. The quantitative estimate of drug-likeness (QED) is 0.553. The summed E-state index contributed by atoms with van der Waals surface area (Å²) in [5.41, 5.74) is -0.173. The third kappa shape index (κ3) is 4.29. The van der Waals surface area contributed by atoms with Crippen LogP contribution in [-0.2, 0) is 0 Å². The number of aromatic hydroxyl groups is 2. The molecule has 0 aliphatic rings. The minimum atomic E-state index is -0.401. The molecule has 1 rings (SSSR count). The largest absolute Gasteiger partial charge is 0.505 e. The van der Waals surface area contributed by atoms with Gasteiger partial charge in [0, 0.05) is 6.42 Å². The van der Waals surface area contributed by atoms with Gasteiger partial charge in [0.15, 0.2) is 5.78 Å². The second-order valence-electron chi connectivity index (χ2n) is 4.50. The zero-order valence-corrected chi connectivity index (χ0v) is 12.4.